The number of rotatable bonds is 5. The van der Waals surface area contributed by atoms with Crippen molar-refractivity contribution < 1.29 is 17.6 Å². The molecule has 0 saturated heterocycles. The molecular formula is C24H28F4. The summed E-state index contributed by atoms with van der Waals surface area (Å²) in [5, 5.41) is 0. The molecule has 1 aromatic carbocycles. The SMILES string of the molecule is CCCC1=CC=C(/C=C/c2ccc(C3CCC(C)CC3)cc2)C(F)(F)C1(F)F. The molecule has 28 heavy (non-hydrogen) atoms. The molecule has 0 N–H and O–H groups in total. The molecule has 0 aliphatic heterocycles. The van der Waals surface area contributed by atoms with Gasteiger partial charge >= 0.3 is 11.8 Å². The Morgan fingerprint density at radius 2 is 1.54 bits per heavy atom. The zero-order chi connectivity index (χ0) is 20.4. The summed E-state index contributed by atoms with van der Waals surface area (Å²) < 4.78 is 57.1. The van der Waals surface area contributed by atoms with Crippen LogP contribution in [-0.2, 0) is 0 Å². The predicted octanol–water partition coefficient (Wildman–Crippen LogP) is 7.93. The van der Waals surface area contributed by atoms with Gasteiger partial charge in [-0.15, -0.1) is 0 Å². The van der Waals surface area contributed by atoms with E-state index in [1.165, 1.54) is 37.3 Å². The highest BCUT2D eigenvalue weighted by Gasteiger charge is 2.60. The highest BCUT2D eigenvalue weighted by molar-refractivity contribution is 5.57. The molecule has 2 aliphatic carbocycles. The van der Waals surface area contributed by atoms with Crippen molar-refractivity contribution in [1.82, 2.24) is 0 Å². The fraction of sp³-hybridized carbons (Fsp3) is 0.500. The number of allylic oxidation sites excluding steroid dienone is 5. The number of benzene rings is 1. The minimum Gasteiger partial charge on any atom is -0.194 e. The lowest BCUT2D eigenvalue weighted by atomic mass is 9.79. The molecule has 0 radical (unpaired) electrons. The van der Waals surface area contributed by atoms with E-state index in [-0.39, 0.29) is 6.42 Å². The smallest absolute Gasteiger partial charge is 0.194 e. The third-order valence-corrected chi connectivity index (χ3v) is 6.02. The molecule has 3 rings (SSSR count). The van der Waals surface area contributed by atoms with Gasteiger partial charge in [0.15, 0.2) is 0 Å². The highest BCUT2D eigenvalue weighted by atomic mass is 19.3. The second kappa shape index (κ2) is 8.26. The summed E-state index contributed by atoms with van der Waals surface area (Å²) in [6, 6.07) is 7.81. The normalized spacial score (nSPS) is 26.8. The van der Waals surface area contributed by atoms with Gasteiger partial charge in [-0.25, -0.2) is 0 Å². The van der Waals surface area contributed by atoms with Crippen LogP contribution < -0.4 is 0 Å². The Bertz CT molecular complexity index is 760. The molecule has 1 saturated carbocycles. The molecule has 152 valence electrons. The first-order valence-electron chi connectivity index (χ1n) is 10.2. The monoisotopic (exact) mass is 392 g/mol. The van der Waals surface area contributed by atoms with Crippen molar-refractivity contribution in [1.29, 1.82) is 0 Å². The average molecular weight is 392 g/mol. The molecule has 1 fully saturated rings. The first-order chi connectivity index (χ1) is 13.3. The Morgan fingerprint density at radius 1 is 0.893 bits per heavy atom. The average Bonchev–Trinajstić information content (AvgIpc) is 2.67. The maximum absolute atomic E-state index is 14.4. The second-order valence-electron chi connectivity index (χ2n) is 8.17. The van der Waals surface area contributed by atoms with Gasteiger partial charge in [-0.3, -0.25) is 0 Å². The van der Waals surface area contributed by atoms with E-state index in [2.05, 4.69) is 6.92 Å². The van der Waals surface area contributed by atoms with Gasteiger partial charge in [-0.1, -0.05) is 81.7 Å². The molecule has 0 spiro atoms. The summed E-state index contributed by atoms with van der Waals surface area (Å²) in [4.78, 5) is 0. The number of halogens is 4. The summed E-state index contributed by atoms with van der Waals surface area (Å²) in [7, 11) is 0. The lowest BCUT2D eigenvalue weighted by molar-refractivity contribution is -0.162. The Balaban J connectivity index is 1.74. The Kier molecular flexibility index (Phi) is 6.16. The molecule has 0 aromatic heterocycles. The van der Waals surface area contributed by atoms with Gasteiger partial charge in [0.2, 0.25) is 0 Å². The van der Waals surface area contributed by atoms with Crippen LogP contribution in [0, 0.1) is 5.92 Å². The van der Waals surface area contributed by atoms with Crippen molar-refractivity contribution in [2.24, 2.45) is 5.92 Å². The minimum atomic E-state index is -4.19. The van der Waals surface area contributed by atoms with E-state index >= 15 is 0 Å². The number of alkyl halides is 4. The van der Waals surface area contributed by atoms with E-state index in [0.717, 1.165) is 29.7 Å². The van der Waals surface area contributed by atoms with Crippen molar-refractivity contribution in [3.05, 3.63) is 64.8 Å². The van der Waals surface area contributed by atoms with Crippen LogP contribution in [0.25, 0.3) is 6.08 Å². The quantitative estimate of drug-likeness (QED) is 0.446. The largest absolute Gasteiger partial charge is 0.339 e. The number of hydrogen-bond donors (Lipinski definition) is 0. The summed E-state index contributed by atoms with van der Waals surface area (Å²) in [6.07, 6.45) is 10.1. The van der Waals surface area contributed by atoms with Gasteiger partial charge in [0.05, 0.1) is 0 Å². The molecule has 0 unspecified atom stereocenters. The Labute approximate surface area is 165 Å². The van der Waals surface area contributed by atoms with Crippen LogP contribution in [0.4, 0.5) is 17.6 Å². The lowest BCUT2D eigenvalue weighted by Gasteiger charge is -2.32. The molecule has 0 bridgehead atoms. The molecule has 1 aromatic rings. The number of hydrogen-bond acceptors (Lipinski definition) is 0. The van der Waals surface area contributed by atoms with Crippen molar-refractivity contribution in [2.75, 3.05) is 0 Å². The fourth-order valence-corrected chi connectivity index (χ4v) is 4.11. The van der Waals surface area contributed by atoms with Gasteiger partial charge < -0.3 is 0 Å². The van der Waals surface area contributed by atoms with Crippen LogP contribution in [0.5, 0.6) is 0 Å². The first-order valence-corrected chi connectivity index (χ1v) is 10.2. The third kappa shape index (κ3) is 4.11. The third-order valence-electron chi connectivity index (χ3n) is 6.02. The van der Waals surface area contributed by atoms with Crippen molar-refractivity contribution in [3.63, 3.8) is 0 Å². The maximum Gasteiger partial charge on any atom is 0.339 e. The lowest BCUT2D eigenvalue weighted by Crippen LogP contribution is -2.44. The van der Waals surface area contributed by atoms with E-state index in [1.807, 2.05) is 24.3 Å². The van der Waals surface area contributed by atoms with Crippen molar-refractivity contribution >= 4 is 6.08 Å². The van der Waals surface area contributed by atoms with Crippen LogP contribution in [0.2, 0.25) is 0 Å². The molecular weight excluding hydrogens is 364 g/mol. The van der Waals surface area contributed by atoms with Gasteiger partial charge in [0.1, 0.15) is 0 Å². The molecule has 2 aliphatic rings. The van der Waals surface area contributed by atoms with Gasteiger partial charge in [-0.05, 0) is 42.2 Å². The zero-order valence-corrected chi connectivity index (χ0v) is 16.5. The van der Waals surface area contributed by atoms with E-state index in [9.17, 15) is 17.6 Å². The van der Waals surface area contributed by atoms with Crippen molar-refractivity contribution in [2.45, 2.75) is 70.1 Å². The summed E-state index contributed by atoms with van der Waals surface area (Å²) in [5.41, 5.74) is 0.854. The molecule has 0 amide bonds. The standard InChI is InChI=1S/C24H28F4/c1-3-4-21-15-16-22(24(27,28)23(21,25)26)14-9-18-7-12-20(13-8-18)19-10-5-17(2)6-11-19/h7-9,12-17,19H,3-6,10-11H2,1-2H3/b14-9+. The maximum atomic E-state index is 14.4. The topological polar surface area (TPSA) is 0 Å². The molecule has 0 atom stereocenters. The Hall–Kier alpha value is -1.84. The first kappa shape index (κ1) is 20.9. The minimum absolute atomic E-state index is 0.0303. The summed E-state index contributed by atoms with van der Waals surface area (Å²) in [5.74, 6) is -6.99. The fourth-order valence-electron chi connectivity index (χ4n) is 4.11. The van der Waals surface area contributed by atoms with E-state index in [0.29, 0.717) is 12.3 Å². The van der Waals surface area contributed by atoms with E-state index < -0.39 is 23.0 Å². The molecule has 0 nitrogen and oxygen atoms in total. The molecule has 4 heteroatoms. The summed E-state index contributed by atoms with van der Waals surface area (Å²) in [6.45, 7) is 3.98. The summed E-state index contributed by atoms with van der Waals surface area (Å²) >= 11 is 0. The zero-order valence-electron chi connectivity index (χ0n) is 16.5. The van der Waals surface area contributed by atoms with E-state index in [4.69, 9.17) is 0 Å². The van der Waals surface area contributed by atoms with Crippen LogP contribution >= 0.6 is 0 Å². The molecule has 0 heterocycles. The van der Waals surface area contributed by atoms with Gasteiger partial charge in [-0.2, -0.15) is 17.6 Å². The Morgan fingerprint density at radius 3 is 2.14 bits per heavy atom. The van der Waals surface area contributed by atoms with E-state index in [1.54, 1.807) is 6.92 Å². The van der Waals surface area contributed by atoms with Gasteiger partial charge in [0.25, 0.3) is 0 Å². The van der Waals surface area contributed by atoms with Gasteiger partial charge in [0, 0.05) is 11.1 Å². The van der Waals surface area contributed by atoms with Crippen LogP contribution in [0.1, 0.15) is 69.4 Å². The van der Waals surface area contributed by atoms with Crippen LogP contribution in [0.15, 0.2) is 53.6 Å². The highest BCUT2D eigenvalue weighted by Crippen LogP contribution is 2.49. The second-order valence-corrected chi connectivity index (χ2v) is 8.17. The van der Waals surface area contributed by atoms with Crippen LogP contribution in [0.3, 0.4) is 0 Å². The van der Waals surface area contributed by atoms with Crippen LogP contribution in [-0.4, -0.2) is 11.8 Å². The predicted molar refractivity (Wildman–Crippen MR) is 107 cm³/mol. The van der Waals surface area contributed by atoms with Crippen molar-refractivity contribution in [3.8, 4) is 0 Å².